The standard InChI is InChI=1S/C16H17F3N6O6S/c1-9-21-14(20)25(22-9)15(28)23-6-7-24(12(8-23)13(26)27)32(29,30)11-4-2-10(3-5-11)31-16(17,18)19/h2-5,12H,6-8H2,1H3,(H,26,27)(H2,20,21,22)/t12-/m1/s1. The summed E-state index contributed by atoms with van der Waals surface area (Å²) >= 11 is 0. The van der Waals surface area contributed by atoms with Crippen molar-refractivity contribution in [3.8, 4) is 5.75 Å². The zero-order chi connectivity index (χ0) is 23.8. The van der Waals surface area contributed by atoms with E-state index in [4.69, 9.17) is 5.73 Å². The number of carbonyl (C=O) groups is 2. The molecule has 174 valence electrons. The predicted octanol–water partition coefficient (Wildman–Crippen LogP) is 0.495. The molecule has 1 aromatic carbocycles. The minimum Gasteiger partial charge on any atom is -0.480 e. The van der Waals surface area contributed by atoms with Gasteiger partial charge in [0.25, 0.3) is 0 Å². The number of aromatic nitrogens is 3. The van der Waals surface area contributed by atoms with E-state index < -0.39 is 51.6 Å². The summed E-state index contributed by atoms with van der Waals surface area (Å²) in [6.45, 7) is 0.408. The molecule has 1 atom stereocenters. The molecule has 16 heteroatoms. The summed E-state index contributed by atoms with van der Waals surface area (Å²) in [6.07, 6.45) is -4.95. The number of benzene rings is 1. The van der Waals surface area contributed by atoms with Crippen LogP contribution in [0.25, 0.3) is 0 Å². The van der Waals surface area contributed by atoms with Crippen molar-refractivity contribution in [2.45, 2.75) is 24.2 Å². The van der Waals surface area contributed by atoms with Gasteiger partial charge in [-0.1, -0.05) is 0 Å². The van der Waals surface area contributed by atoms with Crippen molar-refractivity contribution < 1.29 is 41.0 Å². The zero-order valence-electron chi connectivity index (χ0n) is 16.4. The third-order valence-electron chi connectivity index (χ3n) is 4.47. The number of halogens is 3. The summed E-state index contributed by atoms with van der Waals surface area (Å²) in [4.78, 5) is 28.8. The summed E-state index contributed by atoms with van der Waals surface area (Å²) in [5.74, 6) is -2.16. The molecule has 1 saturated heterocycles. The average Bonchev–Trinajstić information content (AvgIpc) is 3.04. The number of alkyl halides is 3. The molecular weight excluding hydrogens is 461 g/mol. The number of amides is 1. The summed E-state index contributed by atoms with van der Waals surface area (Å²) in [5, 5.41) is 13.4. The van der Waals surface area contributed by atoms with E-state index in [2.05, 4.69) is 14.8 Å². The van der Waals surface area contributed by atoms with Crippen LogP contribution in [0, 0.1) is 6.92 Å². The Labute approximate surface area is 179 Å². The molecule has 0 bridgehead atoms. The van der Waals surface area contributed by atoms with Crippen molar-refractivity contribution in [3.05, 3.63) is 30.1 Å². The van der Waals surface area contributed by atoms with Gasteiger partial charge in [0.05, 0.1) is 4.90 Å². The summed E-state index contributed by atoms with van der Waals surface area (Å²) < 4.78 is 67.9. The van der Waals surface area contributed by atoms with Crippen LogP contribution in [0.4, 0.5) is 23.9 Å². The number of carbonyl (C=O) groups excluding carboxylic acids is 1. The Kier molecular flexibility index (Phi) is 6.01. The van der Waals surface area contributed by atoms with Crippen molar-refractivity contribution in [2.24, 2.45) is 0 Å². The molecule has 0 unspecified atom stereocenters. The maximum Gasteiger partial charge on any atom is 0.573 e. The minimum absolute atomic E-state index is 0.185. The van der Waals surface area contributed by atoms with Crippen LogP contribution in [0.5, 0.6) is 5.75 Å². The number of hydrogen-bond acceptors (Lipinski definition) is 8. The first-order valence-electron chi connectivity index (χ1n) is 8.88. The fourth-order valence-corrected chi connectivity index (χ4v) is 4.65. The Balaban J connectivity index is 1.82. The lowest BCUT2D eigenvalue weighted by atomic mass is 10.2. The Morgan fingerprint density at radius 3 is 2.34 bits per heavy atom. The fraction of sp³-hybridized carbons (Fsp3) is 0.375. The highest BCUT2D eigenvalue weighted by atomic mass is 32.2. The number of aliphatic carboxylic acids is 1. The van der Waals surface area contributed by atoms with Crippen LogP contribution in [-0.2, 0) is 14.8 Å². The van der Waals surface area contributed by atoms with E-state index in [9.17, 15) is 36.3 Å². The number of nitrogens with two attached hydrogens (primary N) is 1. The van der Waals surface area contributed by atoms with E-state index in [0.29, 0.717) is 4.31 Å². The van der Waals surface area contributed by atoms with Crippen LogP contribution < -0.4 is 10.5 Å². The van der Waals surface area contributed by atoms with Crippen LogP contribution in [0.15, 0.2) is 29.2 Å². The molecule has 0 saturated carbocycles. The van der Waals surface area contributed by atoms with E-state index in [1.54, 1.807) is 0 Å². The number of nitrogen functional groups attached to an aromatic ring is 1. The smallest absolute Gasteiger partial charge is 0.480 e. The van der Waals surface area contributed by atoms with Crippen molar-refractivity contribution in [3.63, 3.8) is 0 Å². The van der Waals surface area contributed by atoms with Gasteiger partial charge >= 0.3 is 18.4 Å². The number of ether oxygens (including phenoxy) is 1. The molecule has 3 N–H and O–H groups in total. The molecule has 0 spiro atoms. The molecule has 1 aliphatic heterocycles. The Morgan fingerprint density at radius 2 is 1.84 bits per heavy atom. The molecule has 0 aliphatic carbocycles. The first kappa shape index (κ1) is 23.3. The molecule has 1 amide bonds. The van der Waals surface area contributed by atoms with Gasteiger partial charge in [0.2, 0.25) is 16.0 Å². The zero-order valence-corrected chi connectivity index (χ0v) is 17.2. The van der Waals surface area contributed by atoms with E-state index in [0.717, 1.165) is 33.8 Å². The lowest BCUT2D eigenvalue weighted by molar-refractivity contribution is -0.274. The van der Waals surface area contributed by atoms with E-state index in [1.807, 2.05) is 0 Å². The number of sulfonamides is 1. The largest absolute Gasteiger partial charge is 0.573 e. The molecule has 1 fully saturated rings. The van der Waals surface area contributed by atoms with E-state index in [-0.39, 0.29) is 24.9 Å². The van der Waals surface area contributed by atoms with E-state index in [1.165, 1.54) is 6.92 Å². The fourth-order valence-electron chi connectivity index (χ4n) is 3.08. The second kappa shape index (κ2) is 8.27. The predicted molar refractivity (Wildman–Crippen MR) is 100.0 cm³/mol. The van der Waals surface area contributed by atoms with Crippen LogP contribution in [0.2, 0.25) is 0 Å². The number of hydrogen-bond donors (Lipinski definition) is 2. The second-order valence-electron chi connectivity index (χ2n) is 6.65. The highest BCUT2D eigenvalue weighted by Gasteiger charge is 2.42. The lowest BCUT2D eigenvalue weighted by Crippen LogP contribution is -2.59. The quantitative estimate of drug-likeness (QED) is 0.637. The number of carboxylic acid groups (broad SMARTS) is 1. The number of rotatable bonds is 4. The molecule has 12 nitrogen and oxygen atoms in total. The molecule has 1 aromatic heterocycles. The van der Waals surface area contributed by atoms with Gasteiger partial charge in [-0.2, -0.15) is 9.29 Å². The highest BCUT2D eigenvalue weighted by molar-refractivity contribution is 7.89. The van der Waals surface area contributed by atoms with Gasteiger partial charge in [-0.05, 0) is 31.2 Å². The third kappa shape index (κ3) is 4.75. The van der Waals surface area contributed by atoms with Gasteiger partial charge in [-0.3, -0.25) is 4.79 Å². The van der Waals surface area contributed by atoms with Crippen LogP contribution in [-0.4, -0.2) is 81.5 Å². The number of carboxylic acids is 1. The number of piperazine rings is 1. The van der Waals surface area contributed by atoms with Crippen molar-refractivity contribution in [1.29, 1.82) is 0 Å². The molecular formula is C16H17F3N6O6S. The topological polar surface area (TPSA) is 161 Å². The number of nitrogens with zero attached hydrogens (tertiary/aromatic N) is 5. The van der Waals surface area contributed by atoms with Gasteiger partial charge in [0.15, 0.2) is 0 Å². The van der Waals surface area contributed by atoms with Crippen molar-refractivity contribution in [1.82, 2.24) is 24.0 Å². The van der Waals surface area contributed by atoms with Crippen molar-refractivity contribution >= 4 is 28.0 Å². The molecule has 2 aromatic rings. The minimum atomic E-state index is -4.95. The van der Waals surface area contributed by atoms with Gasteiger partial charge in [-0.25, -0.2) is 13.2 Å². The van der Waals surface area contributed by atoms with Gasteiger partial charge < -0.3 is 20.5 Å². The third-order valence-corrected chi connectivity index (χ3v) is 6.39. The summed E-state index contributed by atoms with van der Waals surface area (Å²) in [5.41, 5.74) is 5.61. The summed E-state index contributed by atoms with van der Waals surface area (Å²) in [7, 11) is -4.42. The normalized spacial score (nSPS) is 17.9. The van der Waals surface area contributed by atoms with E-state index >= 15 is 0 Å². The SMILES string of the molecule is Cc1nc(N)n(C(=O)N2CCN(S(=O)(=O)c3ccc(OC(F)(F)F)cc3)[C@@H](C(=O)O)C2)n1. The Bertz CT molecular complexity index is 1130. The van der Waals surface area contributed by atoms with Crippen LogP contribution in [0.1, 0.15) is 5.82 Å². The van der Waals surface area contributed by atoms with Gasteiger partial charge in [0, 0.05) is 19.6 Å². The number of anilines is 1. The molecule has 2 heterocycles. The first-order valence-corrected chi connectivity index (χ1v) is 10.3. The van der Waals surface area contributed by atoms with Gasteiger partial charge in [-0.15, -0.1) is 23.0 Å². The Morgan fingerprint density at radius 1 is 1.22 bits per heavy atom. The molecule has 32 heavy (non-hydrogen) atoms. The molecule has 0 radical (unpaired) electrons. The summed E-state index contributed by atoms with van der Waals surface area (Å²) in [6, 6.07) is 0.893. The first-order chi connectivity index (χ1) is 14.8. The second-order valence-corrected chi connectivity index (χ2v) is 8.54. The van der Waals surface area contributed by atoms with Crippen LogP contribution >= 0.6 is 0 Å². The lowest BCUT2D eigenvalue weighted by Gasteiger charge is -2.38. The maximum atomic E-state index is 13.0. The Hall–Kier alpha value is -3.40. The van der Waals surface area contributed by atoms with Crippen molar-refractivity contribution in [2.75, 3.05) is 25.4 Å². The average molecular weight is 478 g/mol. The van der Waals surface area contributed by atoms with Gasteiger partial charge in [0.1, 0.15) is 17.6 Å². The molecule has 3 rings (SSSR count). The number of aryl methyl sites for hydroxylation is 1. The maximum absolute atomic E-state index is 13.0. The monoisotopic (exact) mass is 478 g/mol. The highest BCUT2D eigenvalue weighted by Crippen LogP contribution is 2.27. The van der Waals surface area contributed by atoms with Crippen LogP contribution in [0.3, 0.4) is 0 Å². The molecule has 1 aliphatic rings.